The second-order valence-corrected chi connectivity index (χ2v) is 4.78. The largest absolute Gasteiger partial charge is 1.00 e. The average molecular weight is 276 g/mol. The summed E-state index contributed by atoms with van der Waals surface area (Å²) in [4.78, 5) is 10.6. The van der Waals surface area contributed by atoms with E-state index in [1.165, 1.54) is 6.08 Å². The first-order valence-corrected chi connectivity index (χ1v) is 6.35. The van der Waals surface area contributed by atoms with Gasteiger partial charge in [-0.05, 0) is 19.3 Å². The van der Waals surface area contributed by atoms with Crippen molar-refractivity contribution in [3.63, 3.8) is 0 Å². The molecule has 0 aliphatic rings. The molecule has 0 aromatic heterocycles. The standard InChI is InChI=1S/C9H16O5S.K.H/c1-2-5-8(9(10)11)6-3-4-7-15(12,13)14;;/h6H,2-5,7H2,1H3,(H,10,11)(H,12,13,14);;/q;+1;-1. The molecule has 16 heavy (non-hydrogen) atoms. The third-order valence-corrected chi connectivity index (χ3v) is 2.60. The van der Waals surface area contributed by atoms with Crippen molar-refractivity contribution in [3.8, 4) is 0 Å². The van der Waals surface area contributed by atoms with Crippen molar-refractivity contribution < 1.29 is 75.7 Å². The van der Waals surface area contributed by atoms with Crippen LogP contribution in [0.15, 0.2) is 11.6 Å². The van der Waals surface area contributed by atoms with E-state index in [4.69, 9.17) is 9.66 Å². The molecule has 0 aromatic carbocycles. The quantitative estimate of drug-likeness (QED) is 0.258. The molecule has 0 fully saturated rings. The molecule has 2 N–H and O–H groups in total. The van der Waals surface area contributed by atoms with Crippen LogP contribution in [-0.4, -0.2) is 29.8 Å². The van der Waals surface area contributed by atoms with E-state index in [9.17, 15) is 13.2 Å². The summed E-state index contributed by atoms with van der Waals surface area (Å²) in [5.74, 6) is -1.30. The van der Waals surface area contributed by atoms with Crippen LogP contribution in [0.1, 0.15) is 34.0 Å². The molecule has 7 heteroatoms. The minimum absolute atomic E-state index is 0. The van der Waals surface area contributed by atoms with Gasteiger partial charge < -0.3 is 6.53 Å². The topological polar surface area (TPSA) is 91.7 Å². The second kappa shape index (κ2) is 9.75. The Morgan fingerprint density at radius 1 is 1.44 bits per heavy atom. The summed E-state index contributed by atoms with van der Waals surface area (Å²) in [6.07, 6.45) is 3.30. The van der Waals surface area contributed by atoms with Crippen LogP contribution >= 0.6 is 0 Å². The maximum atomic E-state index is 10.6. The Morgan fingerprint density at radius 3 is 2.38 bits per heavy atom. The zero-order valence-electron chi connectivity index (χ0n) is 10.6. The van der Waals surface area contributed by atoms with Gasteiger partial charge in [-0.1, -0.05) is 19.4 Å². The fraction of sp³-hybridized carbons (Fsp3) is 0.667. The molecule has 5 nitrogen and oxygen atoms in total. The summed E-state index contributed by atoms with van der Waals surface area (Å²) in [7, 11) is -3.93. The van der Waals surface area contributed by atoms with Crippen LogP contribution in [0, 0.1) is 0 Å². The van der Waals surface area contributed by atoms with Gasteiger partial charge in [0.1, 0.15) is 0 Å². The third-order valence-electron chi connectivity index (χ3n) is 1.79. The zero-order chi connectivity index (χ0) is 11.9. The minimum atomic E-state index is -3.93. The summed E-state index contributed by atoms with van der Waals surface area (Å²) in [5.41, 5.74) is 0.299. The summed E-state index contributed by atoms with van der Waals surface area (Å²) >= 11 is 0. The van der Waals surface area contributed by atoms with E-state index in [0.717, 1.165) is 6.42 Å². The van der Waals surface area contributed by atoms with Crippen molar-refractivity contribution in [2.75, 3.05) is 5.75 Å². The molecular formula is C9H17KO5S. The molecule has 0 spiro atoms. The zero-order valence-corrected chi connectivity index (χ0v) is 13.6. The smallest absolute Gasteiger partial charge is 1.00 e. The van der Waals surface area contributed by atoms with Crippen LogP contribution in [-0.2, 0) is 14.9 Å². The second-order valence-electron chi connectivity index (χ2n) is 3.21. The van der Waals surface area contributed by atoms with Crippen molar-refractivity contribution >= 4 is 16.1 Å². The number of hydrogen-bond acceptors (Lipinski definition) is 3. The van der Waals surface area contributed by atoms with Crippen LogP contribution in [0.4, 0.5) is 0 Å². The van der Waals surface area contributed by atoms with Gasteiger partial charge in [0.2, 0.25) is 0 Å². The summed E-state index contributed by atoms with van der Waals surface area (Å²) in [6, 6.07) is 0. The van der Waals surface area contributed by atoms with Gasteiger partial charge in [-0.25, -0.2) is 4.79 Å². The van der Waals surface area contributed by atoms with E-state index in [1.54, 1.807) is 0 Å². The normalized spacial score (nSPS) is 12.0. The number of hydrogen-bond donors (Lipinski definition) is 2. The van der Waals surface area contributed by atoms with E-state index >= 15 is 0 Å². The molecule has 0 bridgehead atoms. The van der Waals surface area contributed by atoms with Crippen molar-refractivity contribution in [3.05, 3.63) is 11.6 Å². The Balaban J connectivity index is -0.000000980. The van der Waals surface area contributed by atoms with Crippen molar-refractivity contribution in [2.24, 2.45) is 0 Å². The Kier molecular flexibility index (Phi) is 11.6. The molecule has 0 atom stereocenters. The number of unbranched alkanes of at least 4 members (excludes halogenated alkanes) is 1. The Morgan fingerprint density at radius 2 is 2.00 bits per heavy atom. The third kappa shape index (κ3) is 11.2. The van der Waals surface area contributed by atoms with Gasteiger partial charge in [0.05, 0.1) is 5.75 Å². The number of aliphatic carboxylic acids is 1. The first-order valence-electron chi connectivity index (χ1n) is 4.74. The SMILES string of the molecule is CCCC(=CCCCS(=O)(=O)O)C(=O)O.[H-].[K+]. The molecular weight excluding hydrogens is 259 g/mol. The van der Waals surface area contributed by atoms with Gasteiger partial charge in [0.25, 0.3) is 10.1 Å². The van der Waals surface area contributed by atoms with Crippen LogP contribution in [0.5, 0.6) is 0 Å². The van der Waals surface area contributed by atoms with Crippen molar-refractivity contribution in [1.29, 1.82) is 0 Å². The molecule has 0 aliphatic carbocycles. The number of rotatable bonds is 7. The van der Waals surface area contributed by atoms with Crippen molar-refractivity contribution in [1.82, 2.24) is 0 Å². The predicted molar refractivity (Wildman–Crippen MR) is 57.4 cm³/mol. The molecule has 0 amide bonds. The minimum Gasteiger partial charge on any atom is -1.00 e. The molecule has 0 radical (unpaired) electrons. The van der Waals surface area contributed by atoms with Gasteiger partial charge in [0.15, 0.2) is 0 Å². The maximum Gasteiger partial charge on any atom is 1.00 e. The average Bonchev–Trinajstić information content (AvgIpc) is 2.08. The molecule has 0 heterocycles. The van der Waals surface area contributed by atoms with Gasteiger partial charge in [0, 0.05) is 5.57 Å². The fourth-order valence-electron chi connectivity index (χ4n) is 1.11. The Hall–Kier alpha value is 0.756. The monoisotopic (exact) mass is 276 g/mol. The van der Waals surface area contributed by atoms with Gasteiger partial charge >= 0.3 is 57.4 Å². The molecule has 0 unspecified atom stereocenters. The molecule has 0 saturated heterocycles. The summed E-state index contributed by atoms with van der Waals surface area (Å²) < 4.78 is 29.1. The van der Waals surface area contributed by atoms with Crippen LogP contribution in [0.2, 0.25) is 0 Å². The van der Waals surface area contributed by atoms with E-state index in [1.807, 2.05) is 6.92 Å². The summed E-state index contributed by atoms with van der Waals surface area (Å²) in [5, 5.41) is 8.73. The first-order chi connectivity index (χ1) is 6.87. The maximum absolute atomic E-state index is 10.6. The first kappa shape index (κ1) is 19.1. The Labute approximate surface area is 140 Å². The number of carboxylic acids is 1. The van der Waals surface area contributed by atoms with Gasteiger partial charge in [-0.2, -0.15) is 8.42 Å². The van der Waals surface area contributed by atoms with Crippen LogP contribution < -0.4 is 51.4 Å². The fourth-order valence-corrected chi connectivity index (χ4v) is 1.64. The van der Waals surface area contributed by atoms with Crippen LogP contribution in [0.25, 0.3) is 0 Å². The number of carbonyl (C=O) groups is 1. The van der Waals surface area contributed by atoms with E-state index < -0.39 is 16.1 Å². The number of allylic oxidation sites excluding steroid dienone is 1. The Bertz CT molecular complexity index is 339. The molecule has 0 aromatic rings. The van der Waals surface area contributed by atoms with Crippen LogP contribution in [0.3, 0.4) is 0 Å². The molecule has 90 valence electrons. The molecule has 0 aliphatic heterocycles. The molecule has 0 saturated carbocycles. The molecule has 0 rings (SSSR count). The van der Waals surface area contributed by atoms with E-state index in [0.29, 0.717) is 18.4 Å². The predicted octanol–water partition coefficient (Wildman–Crippen LogP) is -1.42. The van der Waals surface area contributed by atoms with E-state index in [2.05, 4.69) is 0 Å². The van der Waals surface area contributed by atoms with Gasteiger partial charge in [-0.3, -0.25) is 4.55 Å². The number of carboxylic acid groups (broad SMARTS) is 1. The van der Waals surface area contributed by atoms with E-state index in [-0.39, 0.29) is 65.0 Å². The van der Waals surface area contributed by atoms with Gasteiger partial charge in [-0.15, -0.1) is 0 Å². The summed E-state index contributed by atoms with van der Waals surface area (Å²) in [6.45, 7) is 1.87. The van der Waals surface area contributed by atoms with Crippen molar-refractivity contribution in [2.45, 2.75) is 32.6 Å².